The van der Waals surface area contributed by atoms with Gasteiger partial charge in [0.2, 0.25) is 0 Å². The molecule has 4 aliphatic carbocycles. The first-order valence-corrected chi connectivity index (χ1v) is 42.8. The van der Waals surface area contributed by atoms with Gasteiger partial charge in [-0.2, -0.15) is 0 Å². The molecule has 22 aromatic rings. The minimum atomic E-state index is 0.150. The van der Waals surface area contributed by atoms with Crippen molar-refractivity contribution in [2.45, 2.75) is 24.7 Å². The number of benzene rings is 20. The largest absolute Gasteiger partial charge is 0.309 e. The predicted octanol–water partition coefficient (Wildman–Crippen LogP) is 31.3. The zero-order chi connectivity index (χ0) is 80.0. The number of fused-ring (bicyclic) bond motifs is 20. The lowest BCUT2D eigenvalue weighted by Crippen LogP contribution is -1.99. The molecule has 0 bridgehead atoms. The second kappa shape index (κ2) is 28.1. The molecule has 122 heavy (non-hydrogen) atoms. The van der Waals surface area contributed by atoms with Gasteiger partial charge in [0.1, 0.15) is 0 Å². The van der Waals surface area contributed by atoms with Gasteiger partial charge in [0.05, 0.1) is 33.4 Å². The minimum Gasteiger partial charge on any atom is -0.309 e. The van der Waals surface area contributed by atoms with Crippen molar-refractivity contribution in [1.82, 2.24) is 9.13 Å². The molecule has 0 saturated carbocycles. The molecule has 0 fully saturated rings. The van der Waals surface area contributed by atoms with Crippen LogP contribution in [-0.4, -0.2) is 9.13 Å². The summed E-state index contributed by atoms with van der Waals surface area (Å²) in [6, 6.07) is 163. The van der Waals surface area contributed by atoms with Gasteiger partial charge >= 0.3 is 0 Å². The van der Waals surface area contributed by atoms with Crippen molar-refractivity contribution >= 4 is 65.2 Å². The van der Waals surface area contributed by atoms with Crippen molar-refractivity contribution in [3.05, 3.63) is 492 Å². The Morgan fingerprint density at radius 1 is 0.172 bits per heavy atom. The third kappa shape index (κ3) is 11.2. The Morgan fingerprint density at radius 2 is 0.574 bits per heavy atom. The van der Waals surface area contributed by atoms with E-state index in [2.05, 4.69) is 446 Å². The van der Waals surface area contributed by atoms with Gasteiger partial charge in [0, 0.05) is 44.2 Å². The summed E-state index contributed by atoms with van der Waals surface area (Å²) in [4.78, 5) is 0. The zero-order valence-electron chi connectivity index (χ0n) is 67.0. The smallest absolute Gasteiger partial charge is 0.0547 e. The van der Waals surface area contributed by atoms with Crippen molar-refractivity contribution in [3.8, 4) is 123 Å². The molecular weight excluding hydrogens is 1470 g/mol. The molecule has 2 aromatic heterocycles. The molecule has 568 valence electrons. The topological polar surface area (TPSA) is 9.86 Å². The van der Waals surface area contributed by atoms with Crippen molar-refractivity contribution in [2.75, 3.05) is 0 Å². The van der Waals surface area contributed by atoms with E-state index < -0.39 is 0 Å². The fourth-order valence-corrected chi connectivity index (χ4v) is 21.4. The first-order valence-electron chi connectivity index (χ1n) is 42.8. The van der Waals surface area contributed by atoms with Crippen LogP contribution in [0.5, 0.6) is 0 Å². The van der Waals surface area contributed by atoms with E-state index in [4.69, 9.17) is 0 Å². The van der Waals surface area contributed by atoms with Crippen LogP contribution < -0.4 is 0 Å². The van der Waals surface area contributed by atoms with E-state index in [0.29, 0.717) is 0 Å². The first kappa shape index (κ1) is 69.6. The van der Waals surface area contributed by atoms with Gasteiger partial charge in [-0.05, 0) is 245 Å². The molecule has 0 N–H and O–H groups in total. The van der Waals surface area contributed by atoms with Crippen LogP contribution in [0.3, 0.4) is 0 Å². The molecule has 2 unspecified atom stereocenters. The fourth-order valence-electron chi connectivity index (χ4n) is 21.4. The number of rotatable bonds is 10. The monoisotopic (exact) mass is 1550 g/mol. The lowest BCUT2D eigenvalue weighted by Gasteiger charge is -2.17. The van der Waals surface area contributed by atoms with Crippen LogP contribution in [0.1, 0.15) is 67.5 Å². The Morgan fingerprint density at radius 3 is 1.24 bits per heavy atom. The van der Waals surface area contributed by atoms with E-state index in [1.807, 2.05) is 0 Å². The van der Waals surface area contributed by atoms with E-state index in [1.165, 1.54) is 243 Å². The van der Waals surface area contributed by atoms with Crippen molar-refractivity contribution in [3.63, 3.8) is 0 Å². The SMILES string of the molecule is c1ccc(-c2cc(-n3c4ccccc4c4ccc(-c5ccc6c(c5)C(c5ccc(-c7ccc8c(c7)Cc7ccccc7-8)cc5)c5ccccc5-6)cc43)c3ccccc3c2)cc1.c1ccc(-c2ccc(C3c4ccccc4-c4cc(-c5ccc6c7ccccc7n(-c7ccc(-c8cccc9c8Cc8ccccc8-9)c8ccccc78)c6c5)ccc43)cc2)cc1. The van der Waals surface area contributed by atoms with Gasteiger partial charge in [-0.15, -0.1) is 0 Å². The predicted molar refractivity (Wildman–Crippen MR) is 511 cm³/mol. The molecule has 4 aliphatic rings. The van der Waals surface area contributed by atoms with E-state index >= 15 is 0 Å². The Labute approximate surface area is 709 Å². The first-order chi connectivity index (χ1) is 60.5. The summed E-state index contributed by atoms with van der Waals surface area (Å²) < 4.78 is 5.00. The summed E-state index contributed by atoms with van der Waals surface area (Å²) in [7, 11) is 0. The van der Waals surface area contributed by atoms with E-state index in [9.17, 15) is 0 Å². The molecule has 0 radical (unpaired) electrons. The molecule has 2 nitrogen and oxygen atoms in total. The average Bonchev–Trinajstić information content (AvgIpc) is 1.54. The van der Waals surface area contributed by atoms with Crippen LogP contribution in [0.25, 0.3) is 188 Å². The van der Waals surface area contributed by atoms with Crippen molar-refractivity contribution in [2.24, 2.45) is 0 Å². The number of aromatic nitrogens is 2. The molecule has 0 aliphatic heterocycles. The highest BCUT2D eigenvalue weighted by molar-refractivity contribution is 6.14. The summed E-state index contributed by atoms with van der Waals surface area (Å²) in [5, 5.41) is 10.0. The number of hydrogen-bond donors (Lipinski definition) is 0. The highest BCUT2D eigenvalue weighted by Crippen LogP contribution is 2.54. The standard InChI is InChI=1S/2C60H39N/c1-2-12-38(13-3-1)46-33-45-15-5-7-17-50(45)58(37-46)61-57-21-11-10-19-53(57)54-31-28-43(36-59(54)61)42-27-30-52-51-18-8-9-20-55(51)60(56(52)35-42)40-24-22-39(23-25-40)41-26-29-49-47(32-41)34-44-14-4-6-16-48(44)49;1-2-13-38(14-3-1)39-25-27-40(28-26-39)60-53-21-9-7-18-48(53)56-35-41(30-32-54(56)60)42-29-31-52-51-20-10-11-24-57(51)61(59(52)37-42)58-34-33-49(46-17-6-8-19-50(46)58)47-23-12-22-45-44-16-5-4-15-43(44)36-55(45)47/h1-33,35-37,60H,34H2;1-35,37,60H,36H2. The molecular formula is C120H78N2. The Balaban J connectivity index is 0.000000134. The van der Waals surface area contributed by atoms with Crippen LogP contribution in [0.2, 0.25) is 0 Å². The molecule has 20 aromatic carbocycles. The summed E-state index contributed by atoms with van der Waals surface area (Å²) >= 11 is 0. The molecule has 2 atom stereocenters. The van der Waals surface area contributed by atoms with Crippen molar-refractivity contribution in [1.29, 1.82) is 0 Å². The van der Waals surface area contributed by atoms with Gasteiger partial charge in [-0.3, -0.25) is 0 Å². The summed E-state index contributed by atoms with van der Waals surface area (Å²) in [6.45, 7) is 0. The highest BCUT2D eigenvalue weighted by atomic mass is 15.0. The van der Waals surface area contributed by atoms with E-state index in [0.717, 1.165) is 12.8 Å². The fraction of sp³-hybridized carbons (Fsp3) is 0.0333. The lowest BCUT2D eigenvalue weighted by atomic mass is 9.87. The molecule has 0 amide bonds. The normalized spacial score (nSPS) is 13.7. The second-order valence-electron chi connectivity index (χ2n) is 33.6. The average molecular weight is 1550 g/mol. The van der Waals surface area contributed by atoms with E-state index in [-0.39, 0.29) is 11.8 Å². The highest BCUT2D eigenvalue weighted by Gasteiger charge is 2.34. The lowest BCUT2D eigenvalue weighted by molar-refractivity contribution is 1.02. The Kier molecular flexibility index (Phi) is 16.0. The van der Waals surface area contributed by atoms with Crippen LogP contribution in [-0.2, 0) is 12.8 Å². The maximum absolute atomic E-state index is 2.50. The third-order valence-corrected chi connectivity index (χ3v) is 27.1. The van der Waals surface area contributed by atoms with Crippen LogP contribution in [0.4, 0.5) is 0 Å². The minimum absolute atomic E-state index is 0.150. The van der Waals surface area contributed by atoms with Gasteiger partial charge in [0.15, 0.2) is 0 Å². The van der Waals surface area contributed by atoms with Crippen molar-refractivity contribution < 1.29 is 0 Å². The zero-order valence-corrected chi connectivity index (χ0v) is 67.0. The number of hydrogen-bond acceptors (Lipinski definition) is 0. The molecule has 0 saturated heterocycles. The third-order valence-electron chi connectivity index (χ3n) is 27.1. The van der Waals surface area contributed by atoms with Crippen LogP contribution >= 0.6 is 0 Å². The quantitative estimate of drug-likeness (QED) is 0.129. The van der Waals surface area contributed by atoms with Gasteiger partial charge < -0.3 is 9.13 Å². The van der Waals surface area contributed by atoms with Gasteiger partial charge in [-0.25, -0.2) is 0 Å². The molecule has 2 heterocycles. The second-order valence-corrected chi connectivity index (χ2v) is 33.6. The van der Waals surface area contributed by atoms with E-state index in [1.54, 1.807) is 0 Å². The Bertz CT molecular complexity index is 8050. The summed E-state index contributed by atoms with van der Waals surface area (Å²) in [6.07, 6.45) is 1.97. The number of para-hydroxylation sites is 2. The van der Waals surface area contributed by atoms with Gasteiger partial charge in [-0.1, -0.05) is 382 Å². The van der Waals surface area contributed by atoms with Crippen LogP contribution in [0.15, 0.2) is 437 Å². The van der Waals surface area contributed by atoms with Crippen LogP contribution in [0, 0.1) is 0 Å². The summed E-state index contributed by atoms with van der Waals surface area (Å²) in [5.74, 6) is 0.343. The summed E-state index contributed by atoms with van der Waals surface area (Å²) in [5.41, 5.74) is 46.8. The Hall–Kier alpha value is -15.5. The molecule has 26 rings (SSSR count). The molecule has 0 spiro atoms. The maximum atomic E-state index is 2.50. The molecule has 2 heteroatoms. The number of nitrogens with zero attached hydrogens (tertiary/aromatic N) is 2. The van der Waals surface area contributed by atoms with Gasteiger partial charge in [0.25, 0.3) is 0 Å². The maximum Gasteiger partial charge on any atom is 0.0547 e.